The molecule has 3 aromatic rings. The van der Waals surface area contributed by atoms with E-state index in [4.69, 9.17) is 14.0 Å². The molecule has 0 bridgehead atoms. The molecule has 0 saturated carbocycles. The SMILES string of the molecule is Cc1noc(C)c1COc1ccc(C(=O)OC(C)C(=O)Nc2ccc([N+](=O)[O-])cc2)cc1. The van der Waals surface area contributed by atoms with E-state index in [1.54, 1.807) is 19.1 Å². The summed E-state index contributed by atoms with van der Waals surface area (Å²) in [5.74, 6) is -0.00515. The Hall–Kier alpha value is -4.21. The summed E-state index contributed by atoms with van der Waals surface area (Å²) in [6, 6.07) is 11.6. The largest absolute Gasteiger partial charge is 0.489 e. The Morgan fingerprint density at radius 2 is 1.78 bits per heavy atom. The molecular formula is C22H21N3O7. The Morgan fingerprint density at radius 1 is 1.12 bits per heavy atom. The maximum Gasteiger partial charge on any atom is 0.338 e. The number of rotatable bonds is 8. The van der Waals surface area contributed by atoms with Crippen molar-refractivity contribution in [2.45, 2.75) is 33.5 Å². The molecule has 10 heteroatoms. The van der Waals surface area contributed by atoms with E-state index in [1.807, 2.05) is 6.92 Å². The van der Waals surface area contributed by atoms with Crippen molar-refractivity contribution < 1.29 is 28.5 Å². The van der Waals surface area contributed by atoms with Crippen LogP contribution in [0, 0.1) is 24.0 Å². The maximum atomic E-state index is 12.3. The molecule has 0 radical (unpaired) electrons. The quantitative estimate of drug-likeness (QED) is 0.317. The molecule has 1 atom stereocenters. The standard InChI is InChI=1S/C22H21N3O7/c1-13-20(14(2)32-24-13)12-30-19-10-4-16(5-11-19)22(27)31-15(3)21(26)23-17-6-8-18(9-7-17)25(28)29/h4-11,15H,12H2,1-3H3,(H,23,26). The summed E-state index contributed by atoms with van der Waals surface area (Å²) in [6.45, 7) is 5.34. The van der Waals surface area contributed by atoms with Crippen molar-refractivity contribution in [2.75, 3.05) is 5.32 Å². The normalized spacial score (nSPS) is 11.5. The summed E-state index contributed by atoms with van der Waals surface area (Å²) < 4.78 is 16.0. The van der Waals surface area contributed by atoms with Crippen LogP contribution >= 0.6 is 0 Å². The molecule has 0 spiro atoms. The third-order valence-corrected chi connectivity index (χ3v) is 4.65. The van der Waals surface area contributed by atoms with Crippen molar-refractivity contribution in [3.8, 4) is 5.75 Å². The number of hydrogen-bond acceptors (Lipinski definition) is 8. The fourth-order valence-corrected chi connectivity index (χ4v) is 2.74. The van der Waals surface area contributed by atoms with Gasteiger partial charge in [-0.2, -0.15) is 0 Å². The molecule has 0 aliphatic heterocycles. The van der Waals surface area contributed by atoms with Gasteiger partial charge in [0.25, 0.3) is 11.6 Å². The predicted octanol–water partition coefficient (Wildman–Crippen LogP) is 3.96. The average Bonchev–Trinajstić information content (AvgIpc) is 3.10. The second kappa shape index (κ2) is 9.73. The number of benzene rings is 2. The van der Waals surface area contributed by atoms with Crippen LogP contribution in [-0.2, 0) is 16.1 Å². The zero-order chi connectivity index (χ0) is 23.3. The van der Waals surface area contributed by atoms with E-state index in [0.717, 1.165) is 11.3 Å². The number of nitro benzene ring substituents is 1. The van der Waals surface area contributed by atoms with Crippen molar-refractivity contribution in [2.24, 2.45) is 0 Å². The van der Waals surface area contributed by atoms with Gasteiger partial charge in [-0.05, 0) is 57.2 Å². The molecule has 1 amide bonds. The fraction of sp³-hybridized carbons (Fsp3) is 0.227. The zero-order valence-electron chi connectivity index (χ0n) is 17.7. The van der Waals surface area contributed by atoms with Gasteiger partial charge in [-0.15, -0.1) is 0 Å². The summed E-state index contributed by atoms with van der Waals surface area (Å²) in [5, 5.41) is 17.1. The number of aryl methyl sites for hydroxylation is 2. The minimum Gasteiger partial charge on any atom is -0.489 e. The van der Waals surface area contributed by atoms with Crippen LogP contribution in [0.5, 0.6) is 5.75 Å². The molecule has 10 nitrogen and oxygen atoms in total. The van der Waals surface area contributed by atoms with E-state index < -0.39 is 22.9 Å². The number of esters is 1. The van der Waals surface area contributed by atoms with Gasteiger partial charge in [0.1, 0.15) is 18.1 Å². The molecule has 1 unspecified atom stereocenters. The first-order valence-electron chi connectivity index (χ1n) is 9.65. The third-order valence-electron chi connectivity index (χ3n) is 4.65. The second-order valence-electron chi connectivity index (χ2n) is 6.96. The van der Waals surface area contributed by atoms with Crippen LogP contribution in [-0.4, -0.2) is 28.1 Å². The van der Waals surface area contributed by atoms with Crippen molar-refractivity contribution in [1.82, 2.24) is 5.16 Å². The molecule has 32 heavy (non-hydrogen) atoms. The summed E-state index contributed by atoms with van der Waals surface area (Å²) in [6.07, 6.45) is -1.08. The molecule has 1 N–H and O–H groups in total. The van der Waals surface area contributed by atoms with Gasteiger partial charge >= 0.3 is 5.97 Å². The highest BCUT2D eigenvalue weighted by atomic mass is 16.6. The molecule has 0 aliphatic carbocycles. The van der Waals surface area contributed by atoms with E-state index in [-0.39, 0.29) is 17.9 Å². The highest BCUT2D eigenvalue weighted by Gasteiger charge is 2.19. The minimum atomic E-state index is -1.08. The lowest BCUT2D eigenvalue weighted by atomic mass is 10.2. The van der Waals surface area contributed by atoms with E-state index in [0.29, 0.717) is 17.2 Å². The number of hydrogen-bond donors (Lipinski definition) is 1. The number of nitrogens with zero attached hydrogens (tertiary/aromatic N) is 2. The molecule has 1 heterocycles. The number of carbonyl (C=O) groups excluding carboxylic acids is 2. The van der Waals surface area contributed by atoms with E-state index in [2.05, 4.69) is 10.5 Å². The Balaban J connectivity index is 1.53. The first-order valence-corrected chi connectivity index (χ1v) is 9.65. The number of nitrogens with one attached hydrogen (secondary N) is 1. The summed E-state index contributed by atoms with van der Waals surface area (Å²) in [7, 11) is 0. The Kier molecular flexibility index (Phi) is 6.83. The molecular weight excluding hydrogens is 418 g/mol. The van der Waals surface area contributed by atoms with E-state index in [1.165, 1.54) is 43.3 Å². The number of non-ortho nitro benzene ring substituents is 1. The summed E-state index contributed by atoms with van der Waals surface area (Å²) in [5.41, 5.74) is 2.12. The van der Waals surface area contributed by atoms with Crippen LogP contribution < -0.4 is 10.1 Å². The van der Waals surface area contributed by atoms with Gasteiger partial charge in [0.2, 0.25) is 0 Å². The lowest BCUT2D eigenvalue weighted by Gasteiger charge is -2.14. The highest BCUT2D eigenvalue weighted by Crippen LogP contribution is 2.19. The predicted molar refractivity (Wildman–Crippen MR) is 113 cm³/mol. The van der Waals surface area contributed by atoms with E-state index in [9.17, 15) is 19.7 Å². The summed E-state index contributed by atoms with van der Waals surface area (Å²) in [4.78, 5) is 34.7. The van der Waals surface area contributed by atoms with Gasteiger partial charge in [-0.3, -0.25) is 14.9 Å². The number of nitro groups is 1. The molecule has 2 aromatic carbocycles. The lowest BCUT2D eigenvalue weighted by molar-refractivity contribution is -0.384. The monoisotopic (exact) mass is 439 g/mol. The van der Waals surface area contributed by atoms with Gasteiger partial charge in [0.15, 0.2) is 6.10 Å². The number of carbonyl (C=O) groups is 2. The highest BCUT2D eigenvalue weighted by molar-refractivity contribution is 5.97. The van der Waals surface area contributed by atoms with Gasteiger partial charge in [0, 0.05) is 17.8 Å². The number of aromatic nitrogens is 1. The number of ether oxygens (including phenoxy) is 2. The Morgan fingerprint density at radius 3 is 2.34 bits per heavy atom. The molecule has 0 aliphatic rings. The van der Waals surface area contributed by atoms with Crippen LogP contribution in [0.3, 0.4) is 0 Å². The van der Waals surface area contributed by atoms with Gasteiger partial charge < -0.3 is 19.3 Å². The molecule has 3 rings (SSSR count). The molecule has 1 aromatic heterocycles. The molecule has 0 saturated heterocycles. The smallest absolute Gasteiger partial charge is 0.338 e. The lowest BCUT2D eigenvalue weighted by Crippen LogP contribution is -2.30. The van der Waals surface area contributed by atoms with Gasteiger partial charge in [-0.25, -0.2) is 4.79 Å². The van der Waals surface area contributed by atoms with Crippen molar-refractivity contribution in [1.29, 1.82) is 0 Å². The first-order chi connectivity index (χ1) is 15.2. The zero-order valence-corrected chi connectivity index (χ0v) is 17.7. The van der Waals surface area contributed by atoms with Crippen LogP contribution in [0.4, 0.5) is 11.4 Å². The minimum absolute atomic E-state index is 0.0957. The van der Waals surface area contributed by atoms with Crippen LogP contribution in [0.1, 0.15) is 34.3 Å². The summed E-state index contributed by atoms with van der Waals surface area (Å²) >= 11 is 0. The van der Waals surface area contributed by atoms with Crippen LogP contribution in [0.15, 0.2) is 53.1 Å². The number of amides is 1. The van der Waals surface area contributed by atoms with Crippen molar-refractivity contribution in [3.63, 3.8) is 0 Å². The van der Waals surface area contributed by atoms with Crippen LogP contribution in [0.2, 0.25) is 0 Å². The first kappa shape index (κ1) is 22.5. The van der Waals surface area contributed by atoms with Crippen LogP contribution in [0.25, 0.3) is 0 Å². The molecule has 0 fully saturated rings. The Labute approximate surface area is 183 Å². The van der Waals surface area contributed by atoms with Gasteiger partial charge in [0.05, 0.1) is 21.7 Å². The van der Waals surface area contributed by atoms with Crippen molar-refractivity contribution in [3.05, 3.63) is 81.2 Å². The average molecular weight is 439 g/mol. The fourth-order valence-electron chi connectivity index (χ4n) is 2.74. The maximum absolute atomic E-state index is 12.3. The third kappa shape index (κ3) is 5.48. The van der Waals surface area contributed by atoms with Crippen molar-refractivity contribution >= 4 is 23.3 Å². The second-order valence-corrected chi connectivity index (χ2v) is 6.96. The number of anilines is 1. The topological polar surface area (TPSA) is 134 Å². The van der Waals surface area contributed by atoms with E-state index >= 15 is 0 Å². The molecule has 166 valence electrons. The Bertz CT molecular complexity index is 1100. The van der Waals surface area contributed by atoms with Gasteiger partial charge in [-0.1, -0.05) is 5.16 Å².